The fourth-order valence-corrected chi connectivity index (χ4v) is 5.22. The quantitative estimate of drug-likeness (QED) is 0.107. The molecule has 0 bridgehead atoms. The second-order valence-corrected chi connectivity index (χ2v) is 11.6. The van der Waals surface area contributed by atoms with Crippen LogP contribution in [0.4, 0.5) is 0 Å². The summed E-state index contributed by atoms with van der Waals surface area (Å²) < 4.78 is 0. The predicted octanol–water partition coefficient (Wildman–Crippen LogP) is 7.45. The number of benzene rings is 4. The molecule has 43 heavy (non-hydrogen) atoms. The van der Waals surface area contributed by atoms with E-state index in [1.807, 2.05) is 38.1 Å². The van der Waals surface area contributed by atoms with E-state index < -0.39 is 0 Å². The van der Waals surface area contributed by atoms with Gasteiger partial charge >= 0.3 is 0 Å². The number of H-pyrrole nitrogens is 2. The van der Waals surface area contributed by atoms with Crippen LogP contribution < -0.4 is 11.1 Å². The second-order valence-electron chi connectivity index (χ2n) is 11.6. The van der Waals surface area contributed by atoms with Crippen molar-refractivity contribution in [3.63, 3.8) is 0 Å². The Morgan fingerprint density at radius 3 is 1.72 bits per heavy atom. The van der Waals surface area contributed by atoms with E-state index in [-0.39, 0.29) is 6.04 Å². The summed E-state index contributed by atoms with van der Waals surface area (Å²) >= 11 is 0. The monoisotopic (exact) mass is 567 g/mol. The molecule has 5 N–H and O–H groups in total. The molecule has 7 nitrogen and oxygen atoms in total. The summed E-state index contributed by atoms with van der Waals surface area (Å²) in [6.45, 7) is 12.4. The van der Waals surface area contributed by atoms with E-state index in [1.165, 1.54) is 11.1 Å². The number of aromatic nitrogens is 4. The van der Waals surface area contributed by atoms with Gasteiger partial charge in [0.2, 0.25) is 0 Å². The van der Waals surface area contributed by atoms with Gasteiger partial charge in [-0.1, -0.05) is 61.2 Å². The lowest BCUT2D eigenvalue weighted by Gasteiger charge is -2.12. The van der Waals surface area contributed by atoms with E-state index in [1.54, 1.807) is 0 Å². The van der Waals surface area contributed by atoms with E-state index in [0.717, 1.165) is 68.1 Å². The van der Waals surface area contributed by atoms with E-state index in [0.29, 0.717) is 11.9 Å². The van der Waals surface area contributed by atoms with Crippen LogP contribution >= 0.6 is 0 Å². The molecule has 0 aliphatic heterocycles. The van der Waals surface area contributed by atoms with Gasteiger partial charge in [0.25, 0.3) is 0 Å². The molecule has 0 atom stereocenters. The molecule has 0 amide bonds. The number of hydrogen-bond donors (Lipinski definition) is 4. The van der Waals surface area contributed by atoms with E-state index >= 15 is 0 Å². The molecule has 0 radical (unpaired) electrons. The third-order valence-electron chi connectivity index (χ3n) is 7.33. The van der Waals surface area contributed by atoms with Crippen LogP contribution in [0.15, 0.2) is 96.5 Å². The van der Waals surface area contributed by atoms with Gasteiger partial charge in [0, 0.05) is 34.5 Å². The molecule has 216 valence electrons. The number of nitrogens with one attached hydrogen (secondary N) is 3. The Morgan fingerprint density at radius 2 is 1.23 bits per heavy atom. The molecule has 4 aromatic carbocycles. The van der Waals surface area contributed by atoms with Crippen molar-refractivity contribution < 1.29 is 0 Å². The Bertz CT molecular complexity index is 1940. The molecule has 0 aliphatic carbocycles. The molecule has 2 aromatic heterocycles. The molecule has 7 heteroatoms. The highest BCUT2D eigenvalue weighted by molar-refractivity contribution is 6.00. The summed E-state index contributed by atoms with van der Waals surface area (Å²) in [6, 6.07) is 29.8. The third-order valence-corrected chi connectivity index (χ3v) is 7.33. The number of aliphatic imine (C=N–C) groups is 1. The van der Waals surface area contributed by atoms with Gasteiger partial charge in [0.05, 0.1) is 22.1 Å². The first-order chi connectivity index (χ1) is 20.7. The molecule has 2 heterocycles. The summed E-state index contributed by atoms with van der Waals surface area (Å²) in [5.74, 6) is 2.23. The van der Waals surface area contributed by atoms with Crippen molar-refractivity contribution >= 4 is 33.6 Å². The molecule has 6 rings (SSSR count). The standard InChI is InChI=1S/C36H37N7/c1-21(2)38-23(5)28-14-16-30-32(19-28)42-35(40-30)26-10-6-24(7-11-26)18-25-8-12-27(13-9-25)36-41-31-17-15-29(20-33(31)43-36)34(37)39-22(3)4/h6-17,19-22,38H,5,18H2,1-4H3,(H2,37,39)(H,40,42)(H,41,43). The number of rotatable bonds is 9. The zero-order valence-corrected chi connectivity index (χ0v) is 25.1. The first kappa shape index (κ1) is 28.0. The Morgan fingerprint density at radius 1 is 0.744 bits per heavy atom. The Hall–Kier alpha value is -5.17. The van der Waals surface area contributed by atoms with Crippen LogP contribution in [0.25, 0.3) is 50.5 Å². The number of nitrogens with zero attached hydrogens (tertiary/aromatic N) is 3. The molecule has 0 unspecified atom stereocenters. The molecular formula is C36H37N7. The predicted molar refractivity (Wildman–Crippen MR) is 179 cm³/mol. The lowest BCUT2D eigenvalue weighted by Crippen LogP contribution is -2.20. The third kappa shape index (κ3) is 6.21. The number of aromatic amines is 2. The minimum absolute atomic E-state index is 0.147. The molecule has 0 saturated carbocycles. The normalized spacial score (nSPS) is 12.1. The molecule has 6 aromatic rings. The SMILES string of the molecule is C=C(NC(C)C)c1ccc2nc(-c3ccc(Cc4ccc(-c5nc6ccc(C(N)=NC(C)C)cc6[nH]5)cc4)cc3)[nH]c2c1. The van der Waals surface area contributed by atoms with Crippen molar-refractivity contribution in [2.45, 2.75) is 46.2 Å². The average molecular weight is 568 g/mol. The van der Waals surface area contributed by atoms with Gasteiger partial charge in [0.1, 0.15) is 17.5 Å². The van der Waals surface area contributed by atoms with Crippen LogP contribution in [0.2, 0.25) is 0 Å². The maximum absolute atomic E-state index is 6.17. The fourth-order valence-electron chi connectivity index (χ4n) is 5.22. The first-order valence-electron chi connectivity index (χ1n) is 14.7. The van der Waals surface area contributed by atoms with Crippen molar-refractivity contribution in [2.75, 3.05) is 0 Å². The van der Waals surface area contributed by atoms with Gasteiger partial charge < -0.3 is 21.0 Å². The summed E-state index contributed by atoms with van der Waals surface area (Å²) in [6.07, 6.45) is 0.840. The van der Waals surface area contributed by atoms with Gasteiger partial charge in [0.15, 0.2) is 0 Å². The number of fused-ring (bicyclic) bond motifs is 2. The van der Waals surface area contributed by atoms with Gasteiger partial charge in [-0.15, -0.1) is 0 Å². The highest BCUT2D eigenvalue weighted by Gasteiger charge is 2.10. The first-order valence-corrected chi connectivity index (χ1v) is 14.7. The molecule has 0 aliphatic rings. The van der Waals surface area contributed by atoms with E-state index in [9.17, 15) is 0 Å². The zero-order chi connectivity index (χ0) is 30.1. The minimum atomic E-state index is 0.147. The van der Waals surface area contributed by atoms with Gasteiger partial charge in [-0.3, -0.25) is 4.99 Å². The van der Waals surface area contributed by atoms with Crippen molar-refractivity contribution in [3.05, 3.63) is 114 Å². The number of amidine groups is 1. The van der Waals surface area contributed by atoms with Crippen molar-refractivity contribution in [2.24, 2.45) is 10.7 Å². The Kier molecular flexibility index (Phi) is 7.55. The lowest BCUT2D eigenvalue weighted by molar-refractivity contribution is 0.718. The maximum atomic E-state index is 6.17. The second kappa shape index (κ2) is 11.6. The highest BCUT2D eigenvalue weighted by Crippen LogP contribution is 2.25. The topological polar surface area (TPSA) is 108 Å². The summed E-state index contributed by atoms with van der Waals surface area (Å²) in [7, 11) is 0. The van der Waals surface area contributed by atoms with Crippen molar-refractivity contribution in [1.29, 1.82) is 0 Å². The van der Waals surface area contributed by atoms with Crippen LogP contribution in [0.5, 0.6) is 0 Å². The molecule has 0 spiro atoms. The highest BCUT2D eigenvalue weighted by atomic mass is 14.9. The van der Waals surface area contributed by atoms with Crippen LogP contribution in [0.1, 0.15) is 49.9 Å². The number of imidazole rings is 2. The van der Waals surface area contributed by atoms with E-state index in [2.05, 4.69) is 101 Å². The van der Waals surface area contributed by atoms with Crippen LogP contribution in [-0.4, -0.2) is 37.9 Å². The van der Waals surface area contributed by atoms with Gasteiger partial charge in [-0.05, 0) is 81.1 Å². The minimum Gasteiger partial charge on any atom is -0.383 e. The molecule has 0 saturated heterocycles. The Balaban J connectivity index is 1.14. The van der Waals surface area contributed by atoms with Crippen LogP contribution in [0.3, 0.4) is 0 Å². The number of nitrogens with two attached hydrogens (primary N) is 1. The fraction of sp³-hybridized carbons (Fsp3) is 0.194. The zero-order valence-electron chi connectivity index (χ0n) is 25.1. The van der Waals surface area contributed by atoms with Crippen molar-refractivity contribution in [1.82, 2.24) is 25.3 Å². The lowest BCUT2D eigenvalue weighted by atomic mass is 10.0. The summed E-state index contributed by atoms with van der Waals surface area (Å²) in [5.41, 5.74) is 17.4. The smallest absolute Gasteiger partial charge is 0.138 e. The van der Waals surface area contributed by atoms with Crippen LogP contribution in [0, 0.1) is 0 Å². The summed E-state index contributed by atoms with van der Waals surface area (Å²) in [5, 5.41) is 3.37. The van der Waals surface area contributed by atoms with Crippen molar-refractivity contribution in [3.8, 4) is 22.8 Å². The van der Waals surface area contributed by atoms with Gasteiger partial charge in [-0.2, -0.15) is 0 Å². The average Bonchev–Trinajstić information content (AvgIpc) is 3.61. The largest absolute Gasteiger partial charge is 0.383 e. The maximum Gasteiger partial charge on any atom is 0.138 e. The Labute approximate surface area is 252 Å². The van der Waals surface area contributed by atoms with E-state index in [4.69, 9.17) is 15.7 Å². The molecule has 0 fully saturated rings. The summed E-state index contributed by atoms with van der Waals surface area (Å²) in [4.78, 5) is 21.0. The molecular weight excluding hydrogens is 530 g/mol. The van der Waals surface area contributed by atoms with Gasteiger partial charge in [-0.25, -0.2) is 9.97 Å². The number of hydrogen-bond acceptors (Lipinski definition) is 4. The van der Waals surface area contributed by atoms with Crippen LogP contribution in [-0.2, 0) is 6.42 Å².